The van der Waals surface area contributed by atoms with E-state index in [4.69, 9.17) is 14.2 Å². The van der Waals surface area contributed by atoms with Crippen molar-refractivity contribution < 1.29 is 50.1 Å². The highest BCUT2D eigenvalue weighted by Gasteiger charge is 2.47. The molecular formula is C32H43F4N7O7S. The van der Waals surface area contributed by atoms with Crippen LogP contribution in [0.3, 0.4) is 0 Å². The Labute approximate surface area is 293 Å². The maximum Gasteiger partial charge on any atom is 0.402 e. The summed E-state index contributed by atoms with van der Waals surface area (Å²) in [5.41, 5.74) is -1.59. The zero-order chi connectivity index (χ0) is 36.6. The van der Waals surface area contributed by atoms with Crippen molar-refractivity contribution in [1.29, 1.82) is 0 Å². The lowest BCUT2D eigenvalue weighted by molar-refractivity contribution is -0.177. The second-order valence-corrected chi connectivity index (χ2v) is 15.7. The number of alkyl halides is 3. The summed E-state index contributed by atoms with van der Waals surface area (Å²) < 4.78 is 96.8. The fourth-order valence-corrected chi connectivity index (χ4v) is 8.36. The standard InChI is InChI=1S/C32H43F4N7O7S/c1-21-14-48-19-30(2,45)43(21)29(44)25-11-22(33)3-6-26(25)50-27-12-37-20-38-28(27)42-17-31(18-42)7-9-41(10-8-31)13-24-5-4-23(15-49-24)40-51(46,47)39-16-32(34,35)36/h3,6,11-12,20-21,23-24,39-40,45H,4-5,7-10,13-19H2,1-2H3/t21-,23-,24+,30+/m1/s1. The summed E-state index contributed by atoms with van der Waals surface area (Å²) in [6.07, 6.45) is 1.05. The van der Waals surface area contributed by atoms with Gasteiger partial charge in [-0.25, -0.2) is 14.4 Å². The van der Waals surface area contributed by atoms with Gasteiger partial charge in [-0.2, -0.15) is 31.0 Å². The highest BCUT2D eigenvalue weighted by atomic mass is 32.2. The number of aliphatic hydroxyl groups is 1. The molecule has 5 heterocycles. The second-order valence-electron chi connectivity index (χ2n) is 14.2. The zero-order valence-corrected chi connectivity index (χ0v) is 29.2. The molecule has 1 aromatic heterocycles. The minimum absolute atomic E-state index is 0.0528. The van der Waals surface area contributed by atoms with E-state index in [0.717, 1.165) is 45.1 Å². The number of nitrogens with one attached hydrogen (secondary N) is 2. The van der Waals surface area contributed by atoms with E-state index in [0.29, 0.717) is 31.0 Å². The van der Waals surface area contributed by atoms with Gasteiger partial charge in [-0.05, 0) is 70.8 Å². The van der Waals surface area contributed by atoms with E-state index in [1.54, 1.807) is 6.92 Å². The molecule has 51 heavy (non-hydrogen) atoms. The zero-order valence-electron chi connectivity index (χ0n) is 28.4. The van der Waals surface area contributed by atoms with Gasteiger partial charge >= 0.3 is 6.18 Å². The number of benzene rings is 1. The van der Waals surface area contributed by atoms with Gasteiger partial charge in [0.2, 0.25) is 0 Å². The van der Waals surface area contributed by atoms with E-state index in [9.17, 15) is 35.9 Å². The first-order valence-electron chi connectivity index (χ1n) is 16.9. The highest BCUT2D eigenvalue weighted by molar-refractivity contribution is 7.87. The quantitative estimate of drug-likeness (QED) is 0.307. The Morgan fingerprint density at radius 3 is 2.57 bits per heavy atom. The molecule has 3 N–H and O–H groups in total. The van der Waals surface area contributed by atoms with Crippen molar-refractivity contribution in [1.82, 2.24) is 29.2 Å². The van der Waals surface area contributed by atoms with Gasteiger partial charge in [0.25, 0.3) is 16.1 Å². The summed E-state index contributed by atoms with van der Waals surface area (Å²) in [4.78, 5) is 28.0. The van der Waals surface area contributed by atoms with Crippen LogP contribution in [0.5, 0.6) is 11.5 Å². The normalized spacial score (nSPS) is 27.3. The van der Waals surface area contributed by atoms with E-state index in [1.165, 1.54) is 41.2 Å². The minimum Gasteiger partial charge on any atom is -0.451 e. The van der Waals surface area contributed by atoms with Crippen LogP contribution in [0.2, 0.25) is 0 Å². The topological polar surface area (TPSA) is 159 Å². The number of nitrogens with zero attached hydrogens (tertiary/aromatic N) is 5. The van der Waals surface area contributed by atoms with E-state index in [1.807, 2.05) is 0 Å². The molecule has 0 aliphatic carbocycles. The van der Waals surface area contributed by atoms with Crippen molar-refractivity contribution in [3.63, 3.8) is 0 Å². The SMILES string of the molecule is C[C@@H]1COC[C@](C)(O)N1C(=O)c1cc(F)ccc1Oc1cncnc1N1CC2(CCN(C[C@@H]3CC[C@@H](NS(=O)(=O)NCC(F)(F)F)CO3)CC2)C1. The monoisotopic (exact) mass is 745 g/mol. The number of anilines is 1. The van der Waals surface area contributed by atoms with Gasteiger partial charge in [0.05, 0.1) is 43.7 Å². The maximum atomic E-state index is 14.4. The van der Waals surface area contributed by atoms with Gasteiger partial charge in [0.1, 0.15) is 24.4 Å². The predicted molar refractivity (Wildman–Crippen MR) is 175 cm³/mol. The number of carbonyl (C=O) groups is 1. The van der Waals surface area contributed by atoms with Crippen molar-refractivity contribution in [3.8, 4) is 11.5 Å². The van der Waals surface area contributed by atoms with E-state index in [2.05, 4.69) is 24.5 Å². The molecule has 1 spiro atoms. The molecule has 2 aromatic rings. The molecule has 4 atom stereocenters. The predicted octanol–water partition coefficient (Wildman–Crippen LogP) is 2.41. The number of likely N-dealkylation sites (tertiary alicyclic amines) is 1. The first-order valence-corrected chi connectivity index (χ1v) is 18.3. The molecule has 0 radical (unpaired) electrons. The van der Waals surface area contributed by atoms with E-state index >= 15 is 0 Å². The molecule has 4 aliphatic heterocycles. The van der Waals surface area contributed by atoms with Gasteiger partial charge < -0.3 is 34.0 Å². The highest BCUT2D eigenvalue weighted by Crippen LogP contribution is 2.45. The van der Waals surface area contributed by atoms with E-state index < -0.39 is 52.5 Å². The average molecular weight is 746 g/mol. The third kappa shape index (κ3) is 9.06. The molecule has 4 saturated heterocycles. The third-order valence-corrected chi connectivity index (χ3v) is 11.0. The van der Waals surface area contributed by atoms with Crippen LogP contribution in [0.15, 0.2) is 30.7 Å². The molecule has 14 nitrogen and oxygen atoms in total. The lowest BCUT2D eigenvalue weighted by atomic mass is 9.72. The first kappa shape index (κ1) is 37.6. The lowest BCUT2D eigenvalue weighted by Gasteiger charge is -2.54. The second kappa shape index (κ2) is 14.7. The Hall–Kier alpha value is -3.20. The number of carbonyl (C=O) groups excluding carboxylic acids is 1. The number of hydrogen-bond donors (Lipinski definition) is 3. The van der Waals surface area contributed by atoms with Crippen LogP contribution in [-0.2, 0) is 19.7 Å². The summed E-state index contributed by atoms with van der Waals surface area (Å²) in [6, 6.07) is 2.59. The van der Waals surface area contributed by atoms with Crippen LogP contribution in [-0.4, -0.2) is 128 Å². The number of rotatable bonds is 10. The van der Waals surface area contributed by atoms with Crippen LogP contribution >= 0.6 is 0 Å². The number of morpholine rings is 1. The summed E-state index contributed by atoms with van der Waals surface area (Å²) in [6.45, 7) is 5.57. The van der Waals surface area contributed by atoms with Gasteiger partial charge in [-0.1, -0.05) is 0 Å². The molecule has 1 aromatic carbocycles. The number of amides is 1. The van der Waals surface area contributed by atoms with Crippen molar-refractivity contribution in [2.45, 2.75) is 69.6 Å². The Morgan fingerprint density at radius 1 is 1.16 bits per heavy atom. The van der Waals surface area contributed by atoms with Crippen molar-refractivity contribution in [2.24, 2.45) is 5.41 Å². The number of aromatic nitrogens is 2. The van der Waals surface area contributed by atoms with Crippen LogP contribution in [0.4, 0.5) is 23.4 Å². The molecule has 0 bridgehead atoms. The van der Waals surface area contributed by atoms with Crippen LogP contribution < -0.4 is 19.1 Å². The third-order valence-electron chi connectivity index (χ3n) is 9.85. The molecule has 0 saturated carbocycles. The van der Waals surface area contributed by atoms with Gasteiger partial charge in [-0.15, -0.1) is 0 Å². The summed E-state index contributed by atoms with van der Waals surface area (Å²) >= 11 is 0. The van der Waals surface area contributed by atoms with Crippen LogP contribution in [0, 0.1) is 11.2 Å². The number of piperidine rings is 1. The fraction of sp³-hybridized carbons (Fsp3) is 0.656. The number of ether oxygens (including phenoxy) is 3. The Kier molecular flexibility index (Phi) is 10.8. The molecule has 0 unspecified atom stereocenters. The van der Waals surface area contributed by atoms with Crippen LogP contribution in [0.1, 0.15) is 49.9 Å². The molecule has 282 valence electrons. The molecule has 1 amide bonds. The van der Waals surface area contributed by atoms with Crippen molar-refractivity contribution in [2.75, 3.05) is 64.0 Å². The fourth-order valence-electron chi connectivity index (χ4n) is 7.30. The van der Waals surface area contributed by atoms with Crippen LogP contribution in [0.25, 0.3) is 0 Å². The first-order chi connectivity index (χ1) is 24.0. The van der Waals surface area contributed by atoms with E-state index in [-0.39, 0.29) is 42.7 Å². The molecule has 19 heteroatoms. The van der Waals surface area contributed by atoms with Gasteiger partial charge in [0, 0.05) is 31.1 Å². The smallest absolute Gasteiger partial charge is 0.402 e. The van der Waals surface area contributed by atoms with Crippen molar-refractivity contribution in [3.05, 3.63) is 42.1 Å². The number of halogens is 4. The Bertz CT molecular complexity index is 1660. The Balaban J connectivity index is 1.01. The number of hydrogen-bond acceptors (Lipinski definition) is 11. The summed E-state index contributed by atoms with van der Waals surface area (Å²) in [5.74, 6) is -0.282. The average Bonchev–Trinajstić information content (AvgIpc) is 3.04. The molecule has 4 aliphatic rings. The maximum absolute atomic E-state index is 14.4. The lowest BCUT2D eigenvalue weighted by Crippen LogP contribution is -2.61. The van der Waals surface area contributed by atoms with Gasteiger partial charge in [-0.3, -0.25) is 4.79 Å². The molecule has 4 fully saturated rings. The summed E-state index contributed by atoms with van der Waals surface area (Å²) in [5, 5.41) is 10.9. The molecular weight excluding hydrogens is 702 g/mol. The molecule has 6 rings (SSSR count). The van der Waals surface area contributed by atoms with Crippen molar-refractivity contribution >= 4 is 21.9 Å². The minimum atomic E-state index is -4.65. The largest absolute Gasteiger partial charge is 0.451 e. The summed E-state index contributed by atoms with van der Waals surface area (Å²) in [7, 11) is -4.30. The van der Waals surface area contributed by atoms with Gasteiger partial charge in [0.15, 0.2) is 17.3 Å². The Morgan fingerprint density at radius 2 is 1.90 bits per heavy atom.